The van der Waals surface area contributed by atoms with Crippen LogP contribution in [0.1, 0.15) is 27.2 Å². The Kier molecular flexibility index (Phi) is 4.65. The van der Waals surface area contributed by atoms with Crippen molar-refractivity contribution >= 4 is 0 Å². The van der Waals surface area contributed by atoms with Gasteiger partial charge in [-0.3, -0.25) is 0 Å². The first kappa shape index (κ1) is 9.22. The first-order valence-electron chi connectivity index (χ1n) is 3.67. The molecule has 10 heavy (non-hydrogen) atoms. The topological polar surface area (TPSA) is 0 Å². The summed E-state index contributed by atoms with van der Waals surface area (Å²) in [4.78, 5) is 0. The smallest absolute Gasteiger partial charge is 0.0308 e. The Hall–Kier alpha value is -0.780. The van der Waals surface area contributed by atoms with E-state index in [0.717, 1.165) is 6.42 Å². The van der Waals surface area contributed by atoms with E-state index in [1.807, 2.05) is 6.08 Å². The lowest BCUT2D eigenvalue weighted by molar-refractivity contribution is 1.10. The van der Waals surface area contributed by atoms with Crippen LogP contribution in [0, 0.1) is 0 Å². The van der Waals surface area contributed by atoms with Gasteiger partial charge >= 0.3 is 0 Å². The minimum absolute atomic E-state index is 1.10. The van der Waals surface area contributed by atoms with Crippen LogP contribution in [0.3, 0.4) is 0 Å². The van der Waals surface area contributed by atoms with Crippen molar-refractivity contribution in [1.29, 1.82) is 0 Å². The molecule has 0 heteroatoms. The molecule has 0 N–H and O–H groups in total. The lowest BCUT2D eigenvalue weighted by Crippen LogP contribution is -1.77. The van der Waals surface area contributed by atoms with Gasteiger partial charge in [-0.2, -0.15) is 0 Å². The van der Waals surface area contributed by atoms with Crippen LogP contribution >= 0.6 is 0 Å². The standard InChI is InChI=1S/C10H16/c1-5-7-8-10(6-2)9(3)4/h5,7-8H,1,6H2,2-4H3/b8-7-. The van der Waals surface area contributed by atoms with Crippen molar-refractivity contribution in [2.24, 2.45) is 0 Å². The van der Waals surface area contributed by atoms with Crippen LogP contribution in [-0.4, -0.2) is 0 Å². The molecule has 0 atom stereocenters. The van der Waals surface area contributed by atoms with E-state index in [2.05, 4.69) is 33.4 Å². The third kappa shape index (κ3) is 3.29. The summed E-state index contributed by atoms with van der Waals surface area (Å²) in [5, 5.41) is 0. The maximum Gasteiger partial charge on any atom is -0.0308 e. The molecule has 0 fully saturated rings. The van der Waals surface area contributed by atoms with Gasteiger partial charge in [-0.1, -0.05) is 37.3 Å². The predicted molar refractivity (Wildman–Crippen MR) is 48.0 cm³/mol. The third-order valence-electron chi connectivity index (χ3n) is 1.46. The molecule has 0 saturated heterocycles. The maximum atomic E-state index is 3.62. The van der Waals surface area contributed by atoms with E-state index in [0.29, 0.717) is 0 Å². The fourth-order valence-corrected chi connectivity index (χ4v) is 0.822. The monoisotopic (exact) mass is 136 g/mol. The fraction of sp³-hybridized carbons (Fsp3) is 0.400. The quantitative estimate of drug-likeness (QED) is 0.521. The summed E-state index contributed by atoms with van der Waals surface area (Å²) in [6, 6.07) is 0. The zero-order valence-electron chi connectivity index (χ0n) is 7.15. The molecule has 0 aromatic carbocycles. The molecule has 0 radical (unpaired) electrons. The van der Waals surface area contributed by atoms with E-state index in [1.165, 1.54) is 11.1 Å². The van der Waals surface area contributed by atoms with Gasteiger partial charge in [0, 0.05) is 0 Å². The van der Waals surface area contributed by atoms with Gasteiger partial charge in [0.2, 0.25) is 0 Å². The van der Waals surface area contributed by atoms with Crippen molar-refractivity contribution in [1.82, 2.24) is 0 Å². The van der Waals surface area contributed by atoms with Crippen LogP contribution in [0.15, 0.2) is 36.0 Å². The summed E-state index contributed by atoms with van der Waals surface area (Å²) in [6.45, 7) is 10.0. The van der Waals surface area contributed by atoms with Gasteiger partial charge in [-0.05, 0) is 25.8 Å². The molecule has 0 aromatic heterocycles. The Bertz CT molecular complexity index is 155. The Balaban J connectivity index is 4.23. The number of allylic oxidation sites excluding steroid dienone is 5. The second-order valence-electron chi connectivity index (χ2n) is 2.47. The lowest BCUT2D eigenvalue weighted by atomic mass is 10.1. The second kappa shape index (κ2) is 5.04. The summed E-state index contributed by atoms with van der Waals surface area (Å²) >= 11 is 0. The van der Waals surface area contributed by atoms with E-state index in [4.69, 9.17) is 0 Å². The largest absolute Gasteiger partial charge is 0.0991 e. The molecular weight excluding hydrogens is 120 g/mol. The highest BCUT2D eigenvalue weighted by atomic mass is 13.9. The number of hydrogen-bond acceptors (Lipinski definition) is 0. The van der Waals surface area contributed by atoms with Crippen molar-refractivity contribution in [3.05, 3.63) is 36.0 Å². The van der Waals surface area contributed by atoms with Crippen molar-refractivity contribution in [3.63, 3.8) is 0 Å². The molecule has 0 rings (SSSR count). The summed E-state index contributed by atoms with van der Waals surface area (Å²) in [5.41, 5.74) is 2.79. The van der Waals surface area contributed by atoms with Crippen LogP contribution in [-0.2, 0) is 0 Å². The number of rotatable bonds is 3. The normalized spacial score (nSPS) is 9.90. The summed E-state index contributed by atoms with van der Waals surface area (Å²) < 4.78 is 0. The van der Waals surface area contributed by atoms with Crippen LogP contribution < -0.4 is 0 Å². The van der Waals surface area contributed by atoms with E-state index in [-0.39, 0.29) is 0 Å². The Morgan fingerprint density at radius 2 is 2.00 bits per heavy atom. The average Bonchev–Trinajstić information content (AvgIpc) is 1.89. The summed E-state index contributed by atoms with van der Waals surface area (Å²) in [5.74, 6) is 0. The van der Waals surface area contributed by atoms with Crippen molar-refractivity contribution in [2.75, 3.05) is 0 Å². The molecule has 0 bridgehead atoms. The zero-order valence-corrected chi connectivity index (χ0v) is 7.15. The first-order valence-corrected chi connectivity index (χ1v) is 3.67. The van der Waals surface area contributed by atoms with Crippen molar-refractivity contribution in [3.8, 4) is 0 Å². The van der Waals surface area contributed by atoms with Crippen LogP contribution in [0.25, 0.3) is 0 Å². The van der Waals surface area contributed by atoms with Gasteiger partial charge < -0.3 is 0 Å². The second-order valence-corrected chi connectivity index (χ2v) is 2.47. The molecular formula is C10H16. The predicted octanol–water partition coefficient (Wildman–Crippen LogP) is 3.48. The highest BCUT2D eigenvalue weighted by Gasteiger charge is 1.88. The molecule has 0 aliphatic rings. The Morgan fingerprint density at radius 1 is 1.40 bits per heavy atom. The van der Waals surface area contributed by atoms with E-state index >= 15 is 0 Å². The molecule has 0 heterocycles. The molecule has 0 saturated carbocycles. The highest BCUT2D eigenvalue weighted by molar-refractivity contribution is 5.24. The molecule has 0 spiro atoms. The molecule has 0 unspecified atom stereocenters. The van der Waals surface area contributed by atoms with Gasteiger partial charge in [-0.25, -0.2) is 0 Å². The van der Waals surface area contributed by atoms with E-state index in [1.54, 1.807) is 6.08 Å². The SMILES string of the molecule is C=C/C=C\C(CC)=C(C)C. The third-order valence-corrected chi connectivity index (χ3v) is 1.46. The van der Waals surface area contributed by atoms with Gasteiger partial charge in [0.05, 0.1) is 0 Å². The Morgan fingerprint density at radius 3 is 2.30 bits per heavy atom. The summed E-state index contributed by atoms with van der Waals surface area (Å²) in [6.07, 6.45) is 7.00. The minimum atomic E-state index is 1.10. The molecule has 0 nitrogen and oxygen atoms in total. The minimum Gasteiger partial charge on any atom is -0.0991 e. The fourth-order valence-electron chi connectivity index (χ4n) is 0.822. The van der Waals surface area contributed by atoms with Gasteiger partial charge in [0.25, 0.3) is 0 Å². The van der Waals surface area contributed by atoms with E-state index < -0.39 is 0 Å². The van der Waals surface area contributed by atoms with Crippen LogP contribution in [0.4, 0.5) is 0 Å². The number of hydrogen-bond donors (Lipinski definition) is 0. The van der Waals surface area contributed by atoms with Gasteiger partial charge in [0.15, 0.2) is 0 Å². The van der Waals surface area contributed by atoms with Crippen molar-refractivity contribution in [2.45, 2.75) is 27.2 Å². The van der Waals surface area contributed by atoms with Crippen LogP contribution in [0.5, 0.6) is 0 Å². The average molecular weight is 136 g/mol. The first-order chi connectivity index (χ1) is 4.72. The Labute approximate surface area is 64.0 Å². The zero-order chi connectivity index (χ0) is 7.98. The molecule has 0 aromatic rings. The van der Waals surface area contributed by atoms with Gasteiger partial charge in [-0.15, -0.1) is 0 Å². The molecule has 0 aliphatic heterocycles. The van der Waals surface area contributed by atoms with Crippen LogP contribution in [0.2, 0.25) is 0 Å². The van der Waals surface area contributed by atoms with E-state index in [9.17, 15) is 0 Å². The highest BCUT2D eigenvalue weighted by Crippen LogP contribution is 2.08. The summed E-state index contributed by atoms with van der Waals surface area (Å²) in [7, 11) is 0. The molecule has 56 valence electrons. The molecule has 0 aliphatic carbocycles. The molecule has 0 amide bonds. The van der Waals surface area contributed by atoms with Gasteiger partial charge in [0.1, 0.15) is 0 Å². The lowest BCUT2D eigenvalue weighted by Gasteiger charge is -1.98. The van der Waals surface area contributed by atoms with Crippen molar-refractivity contribution < 1.29 is 0 Å². The maximum absolute atomic E-state index is 3.62.